The molecule has 0 fully saturated rings. The van der Waals surface area contributed by atoms with Gasteiger partial charge in [0, 0.05) is 6.20 Å². The van der Waals surface area contributed by atoms with E-state index >= 15 is 0 Å². The average molecular weight is 240 g/mol. The van der Waals surface area contributed by atoms with Crippen LogP contribution in [0.5, 0.6) is 0 Å². The fourth-order valence-corrected chi connectivity index (χ4v) is 1.19. The number of aromatic nitrogens is 2. The number of carbonyl (C=O) groups is 1. The van der Waals surface area contributed by atoms with Crippen molar-refractivity contribution in [2.24, 2.45) is 0 Å². The Balaban J connectivity index is 2.38. The molecule has 5 nitrogen and oxygen atoms in total. The van der Waals surface area contributed by atoms with Crippen LogP contribution in [0.4, 0.5) is 8.78 Å². The maximum atomic E-state index is 12.3. The fraction of sp³-hybridized carbons (Fsp3) is 0.100. The second kappa shape index (κ2) is 4.28. The summed E-state index contributed by atoms with van der Waals surface area (Å²) in [4.78, 5) is 18.1. The van der Waals surface area contributed by atoms with Crippen LogP contribution in [0.25, 0.3) is 11.6 Å². The van der Waals surface area contributed by atoms with Crippen LogP contribution in [0.1, 0.15) is 22.7 Å². The van der Waals surface area contributed by atoms with E-state index in [4.69, 9.17) is 9.52 Å². The molecule has 2 heterocycles. The Morgan fingerprint density at radius 1 is 1.35 bits per heavy atom. The first-order valence-corrected chi connectivity index (χ1v) is 4.52. The molecule has 2 aromatic rings. The number of aromatic carboxylic acids is 1. The zero-order valence-electron chi connectivity index (χ0n) is 8.30. The fourth-order valence-electron chi connectivity index (χ4n) is 1.19. The lowest BCUT2D eigenvalue weighted by Gasteiger charge is -1.97. The molecule has 0 aromatic carbocycles. The number of hydrogen-bond donors (Lipinski definition) is 1. The lowest BCUT2D eigenvalue weighted by atomic mass is 10.3. The Bertz CT molecular complexity index is 554. The molecule has 0 aliphatic rings. The standard InChI is InChI=1S/C10H6F2N2O3/c11-8(12)6-1-2-7(17-6)9-13-4-3-5(14-9)10(15)16/h1-4,8H,(H,15,16). The minimum atomic E-state index is -2.73. The van der Waals surface area contributed by atoms with Gasteiger partial charge in [-0.1, -0.05) is 0 Å². The summed E-state index contributed by atoms with van der Waals surface area (Å²) in [5.41, 5.74) is -0.231. The molecule has 0 saturated carbocycles. The lowest BCUT2D eigenvalue weighted by molar-refractivity contribution is 0.0690. The highest BCUT2D eigenvalue weighted by atomic mass is 19.3. The highest BCUT2D eigenvalue weighted by Gasteiger charge is 2.15. The Morgan fingerprint density at radius 2 is 2.12 bits per heavy atom. The SMILES string of the molecule is O=C(O)c1ccnc(-c2ccc(C(F)F)o2)n1. The first kappa shape index (κ1) is 11.2. The molecule has 0 aliphatic heterocycles. The van der Waals surface area contributed by atoms with Crippen molar-refractivity contribution in [3.05, 3.63) is 35.9 Å². The van der Waals surface area contributed by atoms with Crippen molar-refractivity contribution in [2.45, 2.75) is 6.43 Å². The van der Waals surface area contributed by atoms with Crippen LogP contribution in [-0.4, -0.2) is 21.0 Å². The van der Waals surface area contributed by atoms with Crippen molar-refractivity contribution < 1.29 is 23.1 Å². The highest BCUT2D eigenvalue weighted by Crippen LogP contribution is 2.25. The van der Waals surface area contributed by atoms with Crippen LogP contribution >= 0.6 is 0 Å². The van der Waals surface area contributed by atoms with E-state index in [9.17, 15) is 13.6 Å². The molecule has 0 bridgehead atoms. The Kier molecular flexibility index (Phi) is 2.82. The summed E-state index contributed by atoms with van der Waals surface area (Å²) in [6, 6.07) is 3.56. The molecule has 7 heteroatoms. The second-order valence-corrected chi connectivity index (χ2v) is 3.07. The van der Waals surface area contributed by atoms with Crippen molar-refractivity contribution in [2.75, 3.05) is 0 Å². The number of alkyl halides is 2. The molecule has 0 aliphatic carbocycles. The maximum absolute atomic E-state index is 12.3. The van der Waals surface area contributed by atoms with Gasteiger partial charge in [0.15, 0.2) is 23.0 Å². The molecular weight excluding hydrogens is 234 g/mol. The van der Waals surface area contributed by atoms with E-state index in [1.807, 2.05) is 0 Å². The molecule has 1 N–H and O–H groups in total. The van der Waals surface area contributed by atoms with Gasteiger partial charge >= 0.3 is 5.97 Å². The Labute approximate surface area is 93.7 Å². The maximum Gasteiger partial charge on any atom is 0.354 e. The third kappa shape index (κ3) is 2.27. The Morgan fingerprint density at radius 3 is 2.71 bits per heavy atom. The summed E-state index contributed by atoms with van der Waals surface area (Å²) in [5, 5.41) is 8.71. The summed E-state index contributed by atoms with van der Waals surface area (Å²) in [7, 11) is 0. The van der Waals surface area contributed by atoms with Gasteiger partial charge in [0.05, 0.1) is 0 Å². The first-order chi connectivity index (χ1) is 8.08. The van der Waals surface area contributed by atoms with E-state index in [0.717, 1.165) is 6.07 Å². The monoisotopic (exact) mass is 240 g/mol. The van der Waals surface area contributed by atoms with Crippen LogP contribution in [0, 0.1) is 0 Å². The Hall–Kier alpha value is -2.31. The first-order valence-electron chi connectivity index (χ1n) is 4.52. The van der Waals surface area contributed by atoms with E-state index in [2.05, 4.69) is 9.97 Å². The molecule has 0 radical (unpaired) electrons. The van der Waals surface area contributed by atoms with Gasteiger partial charge in [-0.05, 0) is 18.2 Å². The number of rotatable bonds is 3. The zero-order valence-corrected chi connectivity index (χ0v) is 8.30. The van der Waals surface area contributed by atoms with Crippen molar-refractivity contribution in [1.82, 2.24) is 9.97 Å². The van der Waals surface area contributed by atoms with Crippen LogP contribution < -0.4 is 0 Å². The van der Waals surface area contributed by atoms with E-state index in [1.54, 1.807) is 0 Å². The number of carboxylic acid groups (broad SMARTS) is 1. The van der Waals surface area contributed by atoms with Crippen LogP contribution in [-0.2, 0) is 0 Å². The molecular formula is C10H6F2N2O3. The predicted octanol–water partition coefficient (Wildman–Crippen LogP) is 2.37. The topological polar surface area (TPSA) is 76.2 Å². The largest absolute Gasteiger partial charge is 0.477 e. The molecule has 0 atom stereocenters. The average Bonchev–Trinajstić information content (AvgIpc) is 2.78. The lowest BCUT2D eigenvalue weighted by Crippen LogP contribution is -2.01. The minimum Gasteiger partial charge on any atom is -0.477 e. The normalized spacial score (nSPS) is 10.8. The van der Waals surface area contributed by atoms with Gasteiger partial charge in [-0.25, -0.2) is 23.5 Å². The van der Waals surface area contributed by atoms with E-state index in [1.165, 1.54) is 18.3 Å². The van der Waals surface area contributed by atoms with E-state index in [-0.39, 0.29) is 17.3 Å². The van der Waals surface area contributed by atoms with Crippen LogP contribution in [0.2, 0.25) is 0 Å². The third-order valence-corrected chi connectivity index (χ3v) is 1.94. The number of hydrogen-bond acceptors (Lipinski definition) is 4. The van der Waals surface area contributed by atoms with Gasteiger partial charge in [-0.2, -0.15) is 0 Å². The van der Waals surface area contributed by atoms with Crippen LogP contribution in [0.3, 0.4) is 0 Å². The van der Waals surface area contributed by atoms with Crippen molar-refractivity contribution in [3.63, 3.8) is 0 Å². The summed E-state index contributed by atoms with van der Waals surface area (Å²) < 4.78 is 29.3. The quantitative estimate of drug-likeness (QED) is 0.891. The molecule has 0 unspecified atom stereocenters. The number of halogens is 2. The summed E-state index contributed by atoms with van der Waals surface area (Å²) in [6.45, 7) is 0. The number of nitrogens with zero attached hydrogens (tertiary/aromatic N) is 2. The molecule has 17 heavy (non-hydrogen) atoms. The predicted molar refractivity (Wildman–Crippen MR) is 51.7 cm³/mol. The van der Waals surface area contributed by atoms with E-state index < -0.39 is 18.2 Å². The molecule has 0 spiro atoms. The van der Waals surface area contributed by atoms with Gasteiger partial charge in [0.25, 0.3) is 6.43 Å². The number of furan rings is 1. The van der Waals surface area contributed by atoms with Gasteiger partial charge in [0.2, 0.25) is 0 Å². The molecule has 88 valence electrons. The zero-order chi connectivity index (χ0) is 12.4. The molecule has 0 amide bonds. The molecule has 2 rings (SSSR count). The van der Waals surface area contributed by atoms with Gasteiger partial charge < -0.3 is 9.52 Å². The molecule has 2 aromatic heterocycles. The van der Waals surface area contributed by atoms with Crippen molar-refractivity contribution >= 4 is 5.97 Å². The number of carboxylic acids is 1. The minimum absolute atomic E-state index is 0.00315. The van der Waals surface area contributed by atoms with Gasteiger partial charge in [0.1, 0.15) is 0 Å². The summed E-state index contributed by atoms with van der Waals surface area (Å²) in [5.74, 6) is -1.78. The van der Waals surface area contributed by atoms with Crippen LogP contribution in [0.15, 0.2) is 28.8 Å². The van der Waals surface area contributed by atoms with Gasteiger partial charge in [-0.15, -0.1) is 0 Å². The third-order valence-electron chi connectivity index (χ3n) is 1.94. The molecule has 0 saturated heterocycles. The summed E-state index contributed by atoms with van der Waals surface area (Å²) in [6.07, 6.45) is -1.51. The van der Waals surface area contributed by atoms with Crippen molar-refractivity contribution in [1.29, 1.82) is 0 Å². The summed E-state index contributed by atoms with van der Waals surface area (Å²) >= 11 is 0. The van der Waals surface area contributed by atoms with Crippen molar-refractivity contribution in [3.8, 4) is 11.6 Å². The smallest absolute Gasteiger partial charge is 0.354 e. The van der Waals surface area contributed by atoms with E-state index in [0.29, 0.717) is 0 Å². The highest BCUT2D eigenvalue weighted by molar-refractivity contribution is 5.85. The second-order valence-electron chi connectivity index (χ2n) is 3.07. The van der Waals surface area contributed by atoms with Gasteiger partial charge in [-0.3, -0.25) is 0 Å².